The van der Waals surface area contributed by atoms with Crippen LogP contribution in [0.3, 0.4) is 0 Å². The fourth-order valence-corrected chi connectivity index (χ4v) is 3.47. The van der Waals surface area contributed by atoms with Crippen molar-refractivity contribution in [3.05, 3.63) is 65.2 Å². The van der Waals surface area contributed by atoms with Crippen molar-refractivity contribution in [2.75, 3.05) is 18.2 Å². The van der Waals surface area contributed by atoms with E-state index in [-0.39, 0.29) is 18.0 Å². The first kappa shape index (κ1) is 15.5. The molecule has 0 spiro atoms. The van der Waals surface area contributed by atoms with Crippen LogP contribution in [0.1, 0.15) is 35.2 Å². The molecule has 0 saturated heterocycles. The predicted octanol–water partition coefficient (Wildman–Crippen LogP) is 3.32. The maximum atomic E-state index is 5.86. The predicted molar refractivity (Wildman–Crippen MR) is 97.7 cm³/mol. The Labute approximate surface area is 146 Å². The van der Waals surface area contributed by atoms with Gasteiger partial charge in [-0.1, -0.05) is 36.4 Å². The third kappa shape index (κ3) is 2.80. The standard InChI is InChI=1S/C19H21N5O/c1-12-5-3-4-6-15(12)17-11-16(13-7-9-14(25-2)10-8-13)21-19-22-18(20)23-24(17)19/h3-10,16-17H,11H2,1-2H3,(H3,20,21,22,23)/t16-,17+/m0/s1. The molecule has 6 heteroatoms. The van der Waals surface area contributed by atoms with E-state index in [0.717, 1.165) is 12.2 Å². The van der Waals surface area contributed by atoms with Gasteiger partial charge in [-0.3, -0.25) is 0 Å². The van der Waals surface area contributed by atoms with Crippen molar-refractivity contribution in [3.8, 4) is 5.75 Å². The second-order valence-electron chi connectivity index (χ2n) is 6.32. The lowest BCUT2D eigenvalue weighted by molar-refractivity contribution is 0.413. The van der Waals surface area contributed by atoms with Crippen LogP contribution in [0.2, 0.25) is 0 Å². The minimum Gasteiger partial charge on any atom is -0.497 e. The summed E-state index contributed by atoms with van der Waals surface area (Å²) < 4.78 is 7.16. The molecule has 1 aromatic heterocycles. The summed E-state index contributed by atoms with van der Waals surface area (Å²) in [5.74, 6) is 1.84. The summed E-state index contributed by atoms with van der Waals surface area (Å²) in [6.07, 6.45) is 0.868. The van der Waals surface area contributed by atoms with E-state index < -0.39 is 0 Å². The number of nitrogens with zero attached hydrogens (tertiary/aromatic N) is 3. The van der Waals surface area contributed by atoms with E-state index in [9.17, 15) is 0 Å². The molecule has 0 aliphatic carbocycles. The molecule has 2 atom stereocenters. The first-order valence-corrected chi connectivity index (χ1v) is 8.33. The van der Waals surface area contributed by atoms with E-state index in [0.29, 0.717) is 5.95 Å². The summed E-state index contributed by atoms with van der Waals surface area (Å²) in [4.78, 5) is 4.36. The fourth-order valence-electron chi connectivity index (χ4n) is 3.47. The zero-order chi connectivity index (χ0) is 17.4. The van der Waals surface area contributed by atoms with Crippen molar-refractivity contribution < 1.29 is 4.74 Å². The van der Waals surface area contributed by atoms with Gasteiger partial charge in [-0.2, -0.15) is 4.98 Å². The molecule has 2 aromatic carbocycles. The van der Waals surface area contributed by atoms with Gasteiger partial charge in [0.05, 0.1) is 19.2 Å². The number of fused-ring (bicyclic) bond motifs is 1. The number of anilines is 2. The molecule has 0 unspecified atom stereocenters. The lowest BCUT2D eigenvalue weighted by Gasteiger charge is -2.32. The van der Waals surface area contributed by atoms with Crippen LogP contribution in [-0.2, 0) is 0 Å². The fraction of sp³-hybridized carbons (Fsp3) is 0.263. The zero-order valence-corrected chi connectivity index (χ0v) is 14.3. The quantitative estimate of drug-likeness (QED) is 0.768. The van der Waals surface area contributed by atoms with E-state index in [4.69, 9.17) is 10.5 Å². The molecule has 1 aliphatic rings. The van der Waals surface area contributed by atoms with Crippen molar-refractivity contribution in [1.29, 1.82) is 0 Å². The highest BCUT2D eigenvalue weighted by Crippen LogP contribution is 2.39. The molecule has 2 heterocycles. The zero-order valence-electron chi connectivity index (χ0n) is 14.3. The molecular formula is C19H21N5O. The molecule has 6 nitrogen and oxygen atoms in total. The van der Waals surface area contributed by atoms with Crippen LogP contribution >= 0.6 is 0 Å². The summed E-state index contributed by atoms with van der Waals surface area (Å²) in [7, 11) is 1.67. The van der Waals surface area contributed by atoms with Crippen LogP contribution in [-0.4, -0.2) is 21.9 Å². The topological polar surface area (TPSA) is 78.0 Å². The Hall–Kier alpha value is -3.02. The van der Waals surface area contributed by atoms with Crippen molar-refractivity contribution in [3.63, 3.8) is 0 Å². The lowest BCUT2D eigenvalue weighted by Crippen LogP contribution is -2.28. The van der Waals surface area contributed by atoms with Gasteiger partial charge in [0.2, 0.25) is 11.9 Å². The van der Waals surface area contributed by atoms with Gasteiger partial charge >= 0.3 is 0 Å². The van der Waals surface area contributed by atoms with Crippen molar-refractivity contribution in [1.82, 2.24) is 14.8 Å². The van der Waals surface area contributed by atoms with Gasteiger partial charge in [0, 0.05) is 0 Å². The van der Waals surface area contributed by atoms with Gasteiger partial charge in [0.15, 0.2) is 0 Å². The minimum absolute atomic E-state index is 0.0920. The molecule has 0 amide bonds. The van der Waals surface area contributed by atoms with E-state index >= 15 is 0 Å². The van der Waals surface area contributed by atoms with Crippen molar-refractivity contribution >= 4 is 11.9 Å². The molecular weight excluding hydrogens is 314 g/mol. The molecule has 0 fully saturated rings. The van der Waals surface area contributed by atoms with Gasteiger partial charge in [0.25, 0.3) is 0 Å². The largest absolute Gasteiger partial charge is 0.497 e. The Morgan fingerprint density at radius 2 is 1.92 bits per heavy atom. The molecule has 128 valence electrons. The Bertz CT molecular complexity index is 887. The monoisotopic (exact) mass is 335 g/mol. The smallest absolute Gasteiger partial charge is 0.241 e. The van der Waals surface area contributed by atoms with Gasteiger partial charge < -0.3 is 15.8 Å². The highest BCUT2D eigenvalue weighted by molar-refractivity contribution is 5.43. The molecule has 1 aliphatic heterocycles. The molecule has 0 bridgehead atoms. The third-order valence-electron chi connectivity index (χ3n) is 4.77. The average Bonchev–Trinajstić information content (AvgIpc) is 3.01. The maximum absolute atomic E-state index is 5.86. The molecule has 0 saturated carbocycles. The Balaban J connectivity index is 1.74. The van der Waals surface area contributed by atoms with Crippen LogP contribution in [0.15, 0.2) is 48.5 Å². The highest BCUT2D eigenvalue weighted by atomic mass is 16.5. The van der Waals surface area contributed by atoms with E-state index in [1.807, 2.05) is 16.8 Å². The summed E-state index contributed by atoms with van der Waals surface area (Å²) in [6, 6.07) is 16.7. The summed E-state index contributed by atoms with van der Waals surface area (Å²) >= 11 is 0. The first-order chi connectivity index (χ1) is 12.2. The number of methoxy groups -OCH3 is 1. The molecule has 0 radical (unpaired) electrons. The molecule has 25 heavy (non-hydrogen) atoms. The van der Waals surface area contributed by atoms with Gasteiger partial charge in [-0.25, -0.2) is 4.68 Å². The van der Waals surface area contributed by atoms with Crippen LogP contribution in [0, 0.1) is 6.92 Å². The van der Waals surface area contributed by atoms with Crippen LogP contribution in [0.4, 0.5) is 11.9 Å². The third-order valence-corrected chi connectivity index (χ3v) is 4.77. The SMILES string of the molecule is COc1ccc([C@@H]2C[C@H](c3ccccc3C)n3nc(N)nc3N2)cc1. The number of hydrogen-bond acceptors (Lipinski definition) is 5. The Kier molecular flexibility index (Phi) is 3.80. The summed E-state index contributed by atoms with van der Waals surface area (Å²) in [6.45, 7) is 2.12. The number of hydrogen-bond donors (Lipinski definition) is 2. The number of aryl methyl sites for hydroxylation is 1. The van der Waals surface area contributed by atoms with Gasteiger partial charge in [-0.05, 0) is 42.2 Å². The summed E-state index contributed by atoms with van der Waals surface area (Å²) in [5.41, 5.74) is 9.53. The lowest BCUT2D eigenvalue weighted by atomic mass is 9.91. The summed E-state index contributed by atoms with van der Waals surface area (Å²) in [5, 5.41) is 7.87. The van der Waals surface area contributed by atoms with E-state index in [1.54, 1.807) is 7.11 Å². The van der Waals surface area contributed by atoms with E-state index in [1.165, 1.54) is 16.7 Å². The number of nitrogens with one attached hydrogen (secondary N) is 1. The van der Waals surface area contributed by atoms with Crippen molar-refractivity contribution in [2.24, 2.45) is 0 Å². The number of nitrogens with two attached hydrogens (primary N) is 1. The van der Waals surface area contributed by atoms with Gasteiger partial charge in [0.1, 0.15) is 5.75 Å². The second-order valence-corrected chi connectivity index (χ2v) is 6.32. The number of aromatic nitrogens is 3. The highest BCUT2D eigenvalue weighted by Gasteiger charge is 2.31. The molecule has 3 aromatic rings. The molecule has 4 rings (SSSR count). The minimum atomic E-state index is 0.0920. The first-order valence-electron chi connectivity index (χ1n) is 8.33. The number of rotatable bonds is 3. The number of nitrogen functional groups attached to an aromatic ring is 1. The second kappa shape index (κ2) is 6.12. The Morgan fingerprint density at radius 1 is 1.16 bits per heavy atom. The average molecular weight is 335 g/mol. The Morgan fingerprint density at radius 3 is 2.64 bits per heavy atom. The number of benzene rings is 2. The van der Waals surface area contributed by atoms with Crippen LogP contribution in [0.25, 0.3) is 0 Å². The van der Waals surface area contributed by atoms with Crippen molar-refractivity contribution in [2.45, 2.75) is 25.4 Å². The normalized spacial score (nSPS) is 19.1. The van der Waals surface area contributed by atoms with Crippen LogP contribution < -0.4 is 15.8 Å². The maximum Gasteiger partial charge on any atom is 0.241 e. The van der Waals surface area contributed by atoms with Crippen LogP contribution in [0.5, 0.6) is 5.75 Å². The number of ether oxygens (including phenoxy) is 1. The molecule has 3 N–H and O–H groups in total. The van der Waals surface area contributed by atoms with E-state index in [2.05, 4.69) is 58.7 Å². The van der Waals surface area contributed by atoms with Gasteiger partial charge in [-0.15, -0.1) is 5.10 Å².